The Labute approximate surface area is 122 Å². The maximum absolute atomic E-state index is 11.3. The van der Waals surface area contributed by atoms with Crippen LogP contribution >= 0.6 is 11.3 Å². The molecule has 104 valence electrons. The van der Waals surface area contributed by atoms with Gasteiger partial charge in [-0.2, -0.15) is 5.26 Å². The Morgan fingerprint density at radius 1 is 1.15 bits per heavy atom. The van der Waals surface area contributed by atoms with Crippen LogP contribution in [-0.4, -0.2) is 14.7 Å². The Morgan fingerprint density at radius 3 is 2.40 bits per heavy atom. The Bertz CT molecular complexity index is 725. The van der Waals surface area contributed by atoms with Crippen molar-refractivity contribution in [3.63, 3.8) is 0 Å². The zero-order valence-corrected chi connectivity index (χ0v) is 12.6. The fraction of sp³-hybridized carbons (Fsp3) is 0.214. The number of nitrogens with zero attached hydrogens (tertiary/aromatic N) is 1. The first kappa shape index (κ1) is 14.7. The zero-order valence-electron chi connectivity index (χ0n) is 11.0. The van der Waals surface area contributed by atoms with Crippen LogP contribution < -0.4 is 5.32 Å². The fourth-order valence-corrected chi connectivity index (χ4v) is 3.12. The highest BCUT2D eigenvalue weighted by Gasteiger charge is 2.06. The highest BCUT2D eigenvalue weighted by atomic mass is 32.2. The van der Waals surface area contributed by atoms with Crippen molar-refractivity contribution in [2.24, 2.45) is 0 Å². The van der Waals surface area contributed by atoms with Crippen molar-refractivity contribution in [2.75, 3.05) is 6.26 Å². The molecule has 0 unspecified atom stereocenters. The van der Waals surface area contributed by atoms with E-state index in [4.69, 9.17) is 5.26 Å². The largest absolute Gasteiger partial charge is 0.308 e. The third kappa shape index (κ3) is 3.90. The molecule has 0 amide bonds. The van der Waals surface area contributed by atoms with Crippen molar-refractivity contribution in [1.82, 2.24) is 5.32 Å². The van der Waals surface area contributed by atoms with Crippen molar-refractivity contribution in [3.8, 4) is 6.07 Å². The summed E-state index contributed by atoms with van der Waals surface area (Å²) < 4.78 is 22.7. The van der Waals surface area contributed by atoms with Gasteiger partial charge in [0.25, 0.3) is 0 Å². The smallest absolute Gasteiger partial charge is 0.175 e. The van der Waals surface area contributed by atoms with E-state index in [1.54, 1.807) is 24.3 Å². The van der Waals surface area contributed by atoms with Gasteiger partial charge in [-0.3, -0.25) is 0 Å². The molecule has 0 atom stereocenters. The van der Waals surface area contributed by atoms with Crippen LogP contribution in [0.2, 0.25) is 0 Å². The first-order chi connectivity index (χ1) is 9.49. The Balaban J connectivity index is 1.90. The summed E-state index contributed by atoms with van der Waals surface area (Å²) in [6, 6.07) is 12.7. The van der Waals surface area contributed by atoms with Crippen molar-refractivity contribution in [2.45, 2.75) is 18.0 Å². The van der Waals surface area contributed by atoms with E-state index >= 15 is 0 Å². The van der Waals surface area contributed by atoms with Gasteiger partial charge in [-0.1, -0.05) is 12.1 Å². The van der Waals surface area contributed by atoms with Gasteiger partial charge in [0.05, 0.1) is 4.90 Å². The molecular formula is C14H14N2O2S2. The van der Waals surface area contributed by atoms with Crippen LogP contribution in [0.1, 0.15) is 15.3 Å². The van der Waals surface area contributed by atoms with E-state index < -0.39 is 9.84 Å². The van der Waals surface area contributed by atoms with E-state index in [9.17, 15) is 8.42 Å². The van der Waals surface area contributed by atoms with Gasteiger partial charge in [-0.05, 0) is 29.8 Å². The minimum absolute atomic E-state index is 0.332. The topological polar surface area (TPSA) is 70.0 Å². The highest BCUT2D eigenvalue weighted by Crippen LogP contribution is 2.15. The normalized spacial score (nSPS) is 11.2. The van der Waals surface area contributed by atoms with E-state index in [1.165, 1.54) is 17.6 Å². The average Bonchev–Trinajstić information content (AvgIpc) is 2.86. The molecule has 0 saturated heterocycles. The fourth-order valence-electron chi connectivity index (χ4n) is 1.72. The molecule has 0 spiro atoms. The first-order valence-corrected chi connectivity index (χ1v) is 8.68. The van der Waals surface area contributed by atoms with Crippen LogP contribution in [0.3, 0.4) is 0 Å². The lowest BCUT2D eigenvalue weighted by Crippen LogP contribution is -2.11. The van der Waals surface area contributed by atoms with Crippen molar-refractivity contribution in [3.05, 3.63) is 51.7 Å². The molecule has 2 aromatic rings. The molecule has 1 heterocycles. The van der Waals surface area contributed by atoms with Gasteiger partial charge in [0.15, 0.2) is 9.84 Å². The summed E-state index contributed by atoms with van der Waals surface area (Å²) in [5.41, 5.74) is 1.02. The molecule has 0 radical (unpaired) electrons. The van der Waals surface area contributed by atoms with E-state index in [2.05, 4.69) is 11.4 Å². The van der Waals surface area contributed by atoms with Gasteiger partial charge in [0, 0.05) is 24.2 Å². The van der Waals surface area contributed by atoms with Gasteiger partial charge in [0.1, 0.15) is 10.9 Å². The van der Waals surface area contributed by atoms with E-state index in [0.717, 1.165) is 10.4 Å². The summed E-state index contributed by atoms with van der Waals surface area (Å²) in [4.78, 5) is 2.15. The molecule has 1 aromatic heterocycles. The molecule has 0 saturated carbocycles. The number of benzene rings is 1. The number of sulfone groups is 1. The molecule has 1 aromatic carbocycles. The predicted molar refractivity (Wildman–Crippen MR) is 79.1 cm³/mol. The highest BCUT2D eigenvalue weighted by molar-refractivity contribution is 7.90. The number of rotatable bonds is 5. The van der Waals surface area contributed by atoms with Crippen LogP contribution in [0.25, 0.3) is 0 Å². The summed E-state index contributed by atoms with van der Waals surface area (Å²) in [7, 11) is -3.13. The summed E-state index contributed by atoms with van der Waals surface area (Å²) in [6.07, 6.45) is 1.20. The number of nitriles is 1. The van der Waals surface area contributed by atoms with Gasteiger partial charge in [-0.15, -0.1) is 11.3 Å². The predicted octanol–water partition coefficient (Wildman–Crippen LogP) is 2.31. The second-order valence-corrected chi connectivity index (χ2v) is 7.58. The number of thiophene rings is 1. The quantitative estimate of drug-likeness (QED) is 0.920. The average molecular weight is 306 g/mol. The number of nitrogens with one attached hydrogen (secondary N) is 1. The second kappa shape index (κ2) is 6.18. The van der Waals surface area contributed by atoms with E-state index in [-0.39, 0.29) is 0 Å². The van der Waals surface area contributed by atoms with Gasteiger partial charge in [-0.25, -0.2) is 8.42 Å². The Kier molecular flexibility index (Phi) is 4.55. The Hall–Kier alpha value is -1.68. The van der Waals surface area contributed by atoms with Crippen LogP contribution in [0.4, 0.5) is 0 Å². The molecule has 2 rings (SSSR count). The summed E-state index contributed by atoms with van der Waals surface area (Å²) in [6.45, 7) is 1.35. The van der Waals surface area contributed by atoms with Crippen LogP contribution in [0.15, 0.2) is 41.3 Å². The summed E-state index contributed by atoms with van der Waals surface area (Å²) >= 11 is 1.47. The van der Waals surface area contributed by atoms with Crippen LogP contribution in [0, 0.1) is 11.3 Å². The molecule has 0 bridgehead atoms. The van der Waals surface area contributed by atoms with Crippen LogP contribution in [0.5, 0.6) is 0 Å². The summed E-state index contributed by atoms with van der Waals surface area (Å²) in [5, 5.41) is 12.0. The third-order valence-corrected chi connectivity index (χ3v) is 4.87. The molecule has 0 aliphatic heterocycles. The van der Waals surface area contributed by atoms with Gasteiger partial charge < -0.3 is 5.32 Å². The Morgan fingerprint density at radius 2 is 1.85 bits per heavy atom. The first-order valence-electron chi connectivity index (χ1n) is 5.97. The standard InChI is InChI=1S/C14H14N2O2S2/c1-20(17,18)14-6-2-11(3-7-14)9-16-10-13-5-4-12(8-15)19-13/h2-7,16H,9-10H2,1H3. The lowest BCUT2D eigenvalue weighted by Gasteiger charge is -2.04. The number of hydrogen-bond donors (Lipinski definition) is 1. The molecule has 0 aliphatic carbocycles. The molecule has 0 aliphatic rings. The van der Waals surface area contributed by atoms with Crippen molar-refractivity contribution >= 4 is 21.2 Å². The molecule has 4 nitrogen and oxygen atoms in total. The maximum Gasteiger partial charge on any atom is 0.175 e. The van der Waals surface area contributed by atoms with Gasteiger partial charge in [0.2, 0.25) is 0 Å². The lowest BCUT2D eigenvalue weighted by atomic mass is 10.2. The SMILES string of the molecule is CS(=O)(=O)c1ccc(CNCc2ccc(C#N)s2)cc1. The minimum Gasteiger partial charge on any atom is -0.308 e. The maximum atomic E-state index is 11.3. The monoisotopic (exact) mass is 306 g/mol. The van der Waals surface area contributed by atoms with Crippen molar-refractivity contribution < 1.29 is 8.42 Å². The minimum atomic E-state index is -3.13. The number of hydrogen-bond acceptors (Lipinski definition) is 5. The second-order valence-electron chi connectivity index (χ2n) is 4.40. The van der Waals surface area contributed by atoms with Gasteiger partial charge >= 0.3 is 0 Å². The summed E-state index contributed by atoms with van der Waals surface area (Å²) in [5.74, 6) is 0. The lowest BCUT2D eigenvalue weighted by molar-refractivity contribution is 0.602. The van der Waals surface area contributed by atoms with Crippen molar-refractivity contribution in [1.29, 1.82) is 5.26 Å². The zero-order chi connectivity index (χ0) is 14.6. The molecule has 6 heteroatoms. The molecule has 20 heavy (non-hydrogen) atoms. The van der Waals surface area contributed by atoms with Crippen LogP contribution in [-0.2, 0) is 22.9 Å². The third-order valence-electron chi connectivity index (χ3n) is 2.75. The molecule has 1 N–H and O–H groups in total. The molecule has 0 fully saturated rings. The van der Waals surface area contributed by atoms with E-state index in [1.807, 2.05) is 12.1 Å². The molecular weight excluding hydrogens is 292 g/mol. The van der Waals surface area contributed by atoms with E-state index in [0.29, 0.717) is 22.9 Å².